The molecule has 120 valence electrons. The minimum Gasteiger partial charge on any atom is -0.454 e. The first-order chi connectivity index (χ1) is 10.2. The molecule has 1 atom stereocenters. The second kappa shape index (κ2) is 6.12. The third kappa shape index (κ3) is 4.10. The second-order valence-corrected chi connectivity index (χ2v) is 6.52. The van der Waals surface area contributed by atoms with Crippen molar-refractivity contribution >= 4 is 23.7 Å². The summed E-state index contributed by atoms with van der Waals surface area (Å²) in [6.45, 7) is 7.24. The van der Waals surface area contributed by atoms with Crippen LogP contribution in [0.4, 0.5) is 4.79 Å². The van der Waals surface area contributed by atoms with Crippen LogP contribution in [0.15, 0.2) is 12.1 Å². The zero-order valence-corrected chi connectivity index (χ0v) is 13.8. The van der Waals surface area contributed by atoms with Gasteiger partial charge in [0.05, 0.1) is 18.8 Å². The van der Waals surface area contributed by atoms with Gasteiger partial charge < -0.3 is 9.47 Å². The number of esters is 1. The van der Waals surface area contributed by atoms with E-state index in [0.717, 1.165) is 5.56 Å². The predicted octanol–water partition coefficient (Wildman–Crippen LogP) is 3.09. The lowest BCUT2D eigenvalue weighted by molar-refractivity contribution is -0.148. The number of ether oxygens (including phenoxy) is 2. The van der Waals surface area contributed by atoms with E-state index < -0.39 is 23.8 Å². The van der Waals surface area contributed by atoms with E-state index in [2.05, 4.69) is 4.98 Å². The first-order valence-electron chi connectivity index (χ1n) is 6.96. The standard InChI is InChI=1S/C15H19ClN2O4/c1-9(19)21-11-8-18(14(20)22-15(2,3)4)7-10-5-6-12(16)17-13(10)11/h5-6,11H,7-8H2,1-4H3/t11-/m1/s1. The molecule has 22 heavy (non-hydrogen) atoms. The summed E-state index contributed by atoms with van der Waals surface area (Å²) in [5, 5.41) is 0.321. The SMILES string of the molecule is CC(=O)O[C@@H]1CN(C(=O)OC(C)(C)C)Cc2ccc(Cl)nc21. The van der Waals surface area contributed by atoms with Crippen molar-refractivity contribution in [2.24, 2.45) is 0 Å². The van der Waals surface area contributed by atoms with Crippen LogP contribution in [0.3, 0.4) is 0 Å². The molecule has 0 bridgehead atoms. The molecule has 0 fully saturated rings. The van der Waals surface area contributed by atoms with Crippen LogP contribution in [0.1, 0.15) is 45.1 Å². The zero-order valence-electron chi connectivity index (χ0n) is 13.1. The molecule has 1 aliphatic heterocycles. The highest BCUT2D eigenvalue weighted by atomic mass is 35.5. The third-order valence-electron chi connectivity index (χ3n) is 2.99. The molecule has 0 spiro atoms. The summed E-state index contributed by atoms with van der Waals surface area (Å²) >= 11 is 5.91. The van der Waals surface area contributed by atoms with Crippen molar-refractivity contribution in [1.29, 1.82) is 0 Å². The predicted molar refractivity (Wildman–Crippen MR) is 80.4 cm³/mol. The summed E-state index contributed by atoms with van der Waals surface area (Å²) in [6.07, 6.45) is -1.10. The Labute approximate surface area is 134 Å². The summed E-state index contributed by atoms with van der Waals surface area (Å²) in [5.74, 6) is -0.441. The highest BCUT2D eigenvalue weighted by Gasteiger charge is 2.33. The number of carbonyl (C=O) groups excluding carboxylic acids is 2. The maximum absolute atomic E-state index is 12.2. The van der Waals surface area contributed by atoms with E-state index >= 15 is 0 Å². The van der Waals surface area contributed by atoms with Gasteiger partial charge in [-0.3, -0.25) is 9.69 Å². The van der Waals surface area contributed by atoms with E-state index in [1.165, 1.54) is 11.8 Å². The van der Waals surface area contributed by atoms with E-state index in [-0.39, 0.29) is 6.54 Å². The number of fused-ring (bicyclic) bond motifs is 1. The number of carbonyl (C=O) groups is 2. The Morgan fingerprint density at radius 1 is 1.36 bits per heavy atom. The summed E-state index contributed by atoms with van der Waals surface area (Å²) < 4.78 is 10.6. The molecule has 2 rings (SSSR count). The lowest BCUT2D eigenvalue weighted by atomic mass is 10.0. The number of nitrogens with zero attached hydrogens (tertiary/aromatic N) is 2. The van der Waals surface area contributed by atoms with Gasteiger partial charge in [-0.1, -0.05) is 17.7 Å². The maximum atomic E-state index is 12.2. The molecule has 6 nitrogen and oxygen atoms in total. The Morgan fingerprint density at radius 2 is 2.05 bits per heavy atom. The van der Waals surface area contributed by atoms with Crippen LogP contribution < -0.4 is 0 Å². The Balaban J connectivity index is 2.26. The smallest absolute Gasteiger partial charge is 0.410 e. The van der Waals surface area contributed by atoms with Gasteiger partial charge in [0.15, 0.2) is 6.10 Å². The van der Waals surface area contributed by atoms with Crippen molar-refractivity contribution in [1.82, 2.24) is 9.88 Å². The van der Waals surface area contributed by atoms with E-state index in [0.29, 0.717) is 17.4 Å². The fourth-order valence-electron chi connectivity index (χ4n) is 2.21. The number of rotatable bonds is 1. The normalized spacial score (nSPS) is 17.7. The van der Waals surface area contributed by atoms with Gasteiger partial charge in [-0.25, -0.2) is 9.78 Å². The van der Waals surface area contributed by atoms with E-state index in [1.807, 2.05) is 0 Å². The monoisotopic (exact) mass is 326 g/mol. The number of amides is 1. The molecule has 1 aromatic rings. The number of hydrogen-bond acceptors (Lipinski definition) is 5. The Morgan fingerprint density at radius 3 is 2.64 bits per heavy atom. The topological polar surface area (TPSA) is 68.7 Å². The van der Waals surface area contributed by atoms with E-state index in [1.54, 1.807) is 32.9 Å². The van der Waals surface area contributed by atoms with Crippen molar-refractivity contribution in [3.8, 4) is 0 Å². The van der Waals surface area contributed by atoms with Gasteiger partial charge in [-0.15, -0.1) is 0 Å². The van der Waals surface area contributed by atoms with Gasteiger partial charge in [-0.2, -0.15) is 0 Å². The quantitative estimate of drug-likeness (QED) is 0.586. The molecule has 0 aliphatic carbocycles. The number of pyridine rings is 1. The van der Waals surface area contributed by atoms with Crippen LogP contribution in [0, 0.1) is 0 Å². The number of hydrogen-bond donors (Lipinski definition) is 0. The average molecular weight is 327 g/mol. The van der Waals surface area contributed by atoms with Crippen molar-refractivity contribution < 1.29 is 19.1 Å². The Hall–Kier alpha value is -1.82. The second-order valence-electron chi connectivity index (χ2n) is 6.14. The fraction of sp³-hybridized carbons (Fsp3) is 0.533. The Bertz CT molecular complexity index is 598. The van der Waals surface area contributed by atoms with Gasteiger partial charge in [0, 0.05) is 6.92 Å². The van der Waals surface area contributed by atoms with Crippen LogP contribution in [-0.4, -0.2) is 34.1 Å². The molecule has 0 N–H and O–H groups in total. The molecule has 0 unspecified atom stereocenters. The minimum absolute atomic E-state index is 0.189. The van der Waals surface area contributed by atoms with Gasteiger partial charge in [-0.05, 0) is 32.4 Å². The molecule has 1 aromatic heterocycles. The maximum Gasteiger partial charge on any atom is 0.410 e. The van der Waals surface area contributed by atoms with Crippen LogP contribution in [0.25, 0.3) is 0 Å². The molecule has 2 heterocycles. The fourth-order valence-corrected chi connectivity index (χ4v) is 2.36. The van der Waals surface area contributed by atoms with Crippen molar-refractivity contribution in [2.45, 2.75) is 45.9 Å². The molecule has 0 radical (unpaired) electrons. The van der Waals surface area contributed by atoms with Crippen molar-refractivity contribution in [3.05, 3.63) is 28.5 Å². The lowest BCUT2D eigenvalue weighted by Gasteiger charge is -2.34. The van der Waals surface area contributed by atoms with Gasteiger partial charge >= 0.3 is 12.1 Å². The van der Waals surface area contributed by atoms with Crippen LogP contribution >= 0.6 is 11.6 Å². The van der Waals surface area contributed by atoms with Crippen LogP contribution in [-0.2, 0) is 20.8 Å². The summed E-state index contributed by atoms with van der Waals surface area (Å²) in [6, 6.07) is 3.42. The molecule has 0 aromatic carbocycles. The van der Waals surface area contributed by atoms with Crippen LogP contribution in [0.5, 0.6) is 0 Å². The molecular weight excluding hydrogens is 308 g/mol. The first-order valence-corrected chi connectivity index (χ1v) is 7.34. The van der Waals surface area contributed by atoms with Gasteiger partial charge in [0.1, 0.15) is 10.8 Å². The van der Waals surface area contributed by atoms with Gasteiger partial charge in [0.25, 0.3) is 0 Å². The largest absolute Gasteiger partial charge is 0.454 e. The highest BCUT2D eigenvalue weighted by molar-refractivity contribution is 6.29. The van der Waals surface area contributed by atoms with E-state index in [4.69, 9.17) is 21.1 Å². The van der Waals surface area contributed by atoms with Gasteiger partial charge in [0.2, 0.25) is 0 Å². The minimum atomic E-state index is -0.646. The summed E-state index contributed by atoms with van der Waals surface area (Å²) in [4.78, 5) is 29.3. The van der Waals surface area contributed by atoms with Crippen molar-refractivity contribution in [3.63, 3.8) is 0 Å². The molecule has 0 saturated heterocycles. The number of halogens is 1. The molecular formula is C15H19ClN2O4. The first kappa shape index (κ1) is 16.5. The molecule has 1 amide bonds. The molecule has 1 aliphatic rings. The number of aromatic nitrogens is 1. The van der Waals surface area contributed by atoms with Crippen LogP contribution in [0.2, 0.25) is 5.15 Å². The van der Waals surface area contributed by atoms with Crippen molar-refractivity contribution in [2.75, 3.05) is 6.54 Å². The van der Waals surface area contributed by atoms with E-state index in [9.17, 15) is 9.59 Å². The average Bonchev–Trinajstić information content (AvgIpc) is 2.36. The zero-order chi connectivity index (χ0) is 16.5. The highest BCUT2D eigenvalue weighted by Crippen LogP contribution is 2.30. The summed E-state index contributed by atoms with van der Waals surface area (Å²) in [7, 11) is 0. The molecule has 0 saturated carbocycles. The third-order valence-corrected chi connectivity index (χ3v) is 3.20. The summed E-state index contributed by atoms with van der Waals surface area (Å²) in [5.41, 5.74) is 0.780. The lowest BCUT2D eigenvalue weighted by Crippen LogP contribution is -2.42. The Kier molecular flexibility index (Phi) is 4.60. The molecule has 7 heteroatoms.